The van der Waals surface area contributed by atoms with Crippen LogP contribution in [0.5, 0.6) is 11.5 Å². The van der Waals surface area contributed by atoms with Crippen LogP contribution in [0.15, 0.2) is 24.3 Å². The fraction of sp³-hybridized carbons (Fsp3) is 0.643. The van der Waals surface area contributed by atoms with Gasteiger partial charge in [0.25, 0.3) is 0 Å². The number of benzene rings is 2. The molecule has 0 unspecified atom stereocenters. The third-order valence-corrected chi connectivity index (χ3v) is 8.80. The zero-order chi connectivity index (χ0) is 21.7. The molecule has 6 rings (SSSR count). The van der Waals surface area contributed by atoms with Gasteiger partial charge in [-0.2, -0.15) is 0 Å². The molecule has 2 aliphatic heterocycles. The molecule has 0 spiro atoms. The summed E-state index contributed by atoms with van der Waals surface area (Å²) in [4.78, 5) is 5.13. The van der Waals surface area contributed by atoms with E-state index in [0.717, 1.165) is 49.9 Å². The van der Waals surface area contributed by atoms with E-state index in [0.29, 0.717) is 12.1 Å². The van der Waals surface area contributed by atoms with Crippen molar-refractivity contribution in [2.75, 3.05) is 13.5 Å². The number of fused-ring (bicyclic) bond motifs is 5. The smallest absolute Gasteiger partial charge is 0.142 e. The van der Waals surface area contributed by atoms with Gasteiger partial charge in [-0.15, -0.1) is 0 Å². The standard InChI is InChI=1S/C28H38N2O2/c1-19-3-8-22(9-4-19)29-15-21-7-12-24-25(28(21)32-18-29)13-14-27-26(24)16-30(17-31-27)23-10-5-20(2)6-11-23/h7,12-14,19-20,22-23H,3-6,8-11,15-18H2,1-2H3/t19-,20-,22-,23-. The van der Waals surface area contributed by atoms with Gasteiger partial charge in [-0.05, 0) is 80.7 Å². The molecule has 0 atom stereocenters. The first-order valence-electron chi connectivity index (χ1n) is 13.0. The predicted octanol–water partition coefficient (Wildman–Crippen LogP) is 6.30. The monoisotopic (exact) mass is 434 g/mol. The molecule has 4 nitrogen and oxygen atoms in total. The normalized spacial score (nSPS) is 31.4. The number of nitrogens with zero attached hydrogens (tertiary/aromatic N) is 2. The lowest BCUT2D eigenvalue weighted by molar-refractivity contribution is 0.0346. The summed E-state index contributed by atoms with van der Waals surface area (Å²) in [6, 6.07) is 10.4. The van der Waals surface area contributed by atoms with Crippen LogP contribution in [0.4, 0.5) is 0 Å². The average molecular weight is 435 g/mol. The van der Waals surface area contributed by atoms with Crippen LogP contribution in [0.2, 0.25) is 0 Å². The van der Waals surface area contributed by atoms with Crippen LogP contribution in [0.25, 0.3) is 10.8 Å². The largest absolute Gasteiger partial charge is 0.478 e. The van der Waals surface area contributed by atoms with Gasteiger partial charge in [-0.25, -0.2) is 0 Å². The molecular weight excluding hydrogens is 396 g/mol. The van der Waals surface area contributed by atoms with Crippen molar-refractivity contribution < 1.29 is 9.47 Å². The Labute approximate surface area is 192 Å². The Morgan fingerprint density at radius 2 is 1.25 bits per heavy atom. The molecule has 0 amide bonds. The fourth-order valence-corrected chi connectivity index (χ4v) is 6.56. The van der Waals surface area contributed by atoms with Crippen LogP contribution >= 0.6 is 0 Å². The molecule has 0 saturated heterocycles. The third-order valence-electron chi connectivity index (χ3n) is 8.80. The fourth-order valence-electron chi connectivity index (χ4n) is 6.56. The van der Waals surface area contributed by atoms with Crippen molar-refractivity contribution in [2.45, 2.75) is 90.4 Å². The van der Waals surface area contributed by atoms with E-state index in [4.69, 9.17) is 9.47 Å². The van der Waals surface area contributed by atoms with E-state index >= 15 is 0 Å². The van der Waals surface area contributed by atoms with Crippen LogP contribution in [-0.4, -0.2) is 35.3 Å². The van der Waals surface area contributed by atoms with Gasteiger partial charge in [0.2, 0.25) is 0 Å². The molecule has 0 N–H and O–H groups in total. The summed E-state index contributed by atoms with van der Waals surface area (Å²) in [7, 11) is 0. The molecule has 2 heterocycles. The molecule has 0 radical (unpaired) electrons. The Morgan fingerprint density at radius 3 is 1.94 bits per heavy atom. The topological polar surface area (TPSA) is 24.9 Å². The van der Waals surface area contributed by atoms with Crippen molar-refractivity contribution in [1.29, 1.82) is 0 Å². The summed E-state index contributed by atoms with van der Waals surface area (Å²) in [5.74, 6) is 3.93. The minimum absolute atomic E-state index is 0.662. The minimum atomic E-state index is 0.662. The number of ether oxygens (including phenoxy) is 2. The van der Waals surface area contributed by atoms with Crippen molar-refractivity contribution >= 4 is 10.8 Å². The summed E-state index contributed by atoms with van der Waals surface area (Å²) >= 11 is 0. The van der Waals surface area contributed by atoms with Crippen molar-refractivity contribution in [3.8, 4) is 11.5 Å². The maximum absolute atomic E-state index is 6.45. The quantitative estimate of drug-likeness (QED) is 0.554. The Morgan fingerprint density at radius 1 is 0.656 bits per heavy atom. The van der Waals surface area contributed by atoms with Gasteiger partial charge in [0.15, 0.2) is 0 Å². The van der Waals surface area contributed by atoms with Crippen molar-refractivity contribution in [3.63, 3.8) is 0 Å². The van der Waals surface area contributed by atoms with Crippen LogP contribution < -0.4 is 9.47 Å². The van der Waals surface area contributed by atoms with E-state index in [2.05, 4.69) is 47.9 Å². The minimum Gasteiger partial charge on any atom is -0.478 e. The Kier molecular flexibility index (Phi) is 5.55. The van der Waals surface area contributed by atoms with Crippen LogP contribution in [0.3, 0.4) is 0 Å². The zero-order valence-electron chi connectivity index (χ0n) is 19.8. The lowest BCUT2D eigenvalue weighted by Gasteiger charge is -2.40. The van der Waals surface area contributed by atoms with Crippen LogP contribution in [-0.2, 0) is 13.1 Å². The van der Waals surface area contributed by atoms with Gasteiger partial charge >= 0.3 is 0 Å². The van der Waals surface area contributed by atoms with Crippen molar-refractivity contribution in [3.05, 3.63) is 35.4 Å². The highest BCUT2D eigenvalue weighted by molar-refractivity contribution is 5.94. The number of rotatable bonds is 2. The molecule has 32 heavy (non-hydrogen) atoms. The van der Waals surface area contributed by atoms with E-state index in [1.807, 2.05) is 0 Å². The summed E-state index contributed by atoms with van der Waals surface area (Å²) in [6.07, 6.45) is 10.6. The maximum atomic E-state index is 6.45. The van der Waals surface area contributed by atoms with Gasteiger partial charge in [0.05, 0.1) is 0 Å². The molecule has 0 bridgehead atoms. The first kappa shape index (κ1) is 20.8. The highest BCUT2D eigenvalue weighted by Crippen LogP contribution is 2.42. The second-order valence-electron chi connectivity index (χ2n) is 11.1. The Bertz CT molecular complexity index is 973. The van der Waals surface area contributed by atoms with E-state index in [9.17, 15) is 0 Å². The molecule has 0 aromatic heterocycles. The lowest BCUT2D eigenvalue weighted by atomic mass is 9.86. The number of hydrogen-bond donors (Lipinski definition) is 0. The highest BCUT2D eigenvalue weighted by Gasteiger charge is 2.31. The van der Waals surface area contributed by atoms with Crippen molar-refractivity contribution in [2.24, 2.45) is 11.8 Å². The Balaban J connectivity index is 1.25. The number of hydrogen-bond acceptors (Lipinski definition) is 4. The molecule has 2 aliphatic carbocycles. The average Bonchev–Trinajstić information content (AvgIpc) is 2.84. The predicted molar refractivity (Wildman–Crippen MR) is 129 cm³/mol. The van der Waals surface area contributed by atoms with Crippen LogP contribution in [0.1, 0.15) is 76.3 Å². The summed E-state index contributed by atoms with van der Waals surface area (Å²) in [6.45, 7) is 8.26. The summed E-state index contributed by atoms with van der Waals surface area (Å²) in [5.41, 5.74) is 2.69. The van der Waals surface area contributed by atoms with E-state index in [1.54, 1.807) is 0 Å². The molecule has 2 fully saturated rings. The van der Waals surface area contributed by atoms with Crippen LogP contribution in [0, 0.1) is 11.8 Å². The first-order chi connectivity index (χ1) is 15.7. The second kappa shape index (κ2) is 8.53. The van der Waals surface area contributed by atoms with Gasteiger partial charge in [-0.1, -0.05) is 26.0 Å². The summed E-state index contributed by atoms with van der Waals surface area (Å²) < 4.78 is 12.7. The molecule has 2 saturated carbocycles. The van der Waals surface area contributed by atoms with Gasteiger partial charge < -0.3 is 9.47 Å². The first-order valence-corrected chi connectivity index (χ1v) is 13.0. The maximum Gasteiger partial charge on any atom is 0.142 e. The zero-order valence-corrected chi connectivity index (χ0v) is 19.8. The second-order valence-corrected chi connectivity index (χ2v) is 11.1. The van der Waals surface area contributed by atoms with Crippen molar-refractivity contribution in [1.82, 2.24) is 9.80 Å². The molecule has 172 valence electrons. The molecule has 2 aromatic rings. The van der Waals surface area contributed by atoms with E-state index in [-0.39, 0.29) is 0 Å². The van der Waals surface area contributed by atoms with Gasteiger partial charge in [0.1, 0.15) is 25.0 Å². The molecule has 4 heteroatoms. The highest BCUT2D eigenvalue weighted by atomic mass is 16.5. The Hall–Kier alpha value is -1.78. The van der Waals surface area contributed by atoms with Gasteiger partial charge in [-0.3, -0.25) is 9.80 Å². The molecule has 4 aliphatic rings. The molecule has 2 aromatic carbocycles. The SMILES string of the molecule is C[C@H]1CC[C@H](N2COc3c(ccc4c5c(ccc34)OCN([C@H]3CC[C@H](C)CC3)C5)C2)CC1. The third kappa shape index (κ3) is 3.80. The van der Waals surface area contributed by atoms with E-state index < -0.39 is 0 Å². The van der Waals surface area contributed by atoms with Gasteiger partial charge in [0, 0.05) is 41.7 Å². The summed E-state index contributed by atoms with van der Waals surface area (Å²) in [5, 5.41) is 2.58. The lowest BCUT2D eigenvalue weighted by Crippen LogP contribution is -2.42. The molecular formula is C28H38N2O2. The van der Waals surface area contributed by atoms with E-state index in [1.165, 1.54) is 73.3 Å².